The first-order valence-electron chi connectivity index (χ1n) is 7.14. The minimum absolute atomic E-state index is 0.438. The molecular formula is C14H25N5. The van der Waals surface area contributed by atoms with Gasteiger partial charge >= 0.3 is 0 Å². The van der Waals surface area contributed by atoms with Crippen LogP contribution in [0.3, 0.4) is 0 Å². The molecule has 0 saturated carbocycles. The summed E-state index contributed by atoms with van der Waals surface area (Å²) in [6.45, 7) is 10.9. The van der Waals surface area contributed by atoms with Crippen LogP contribution >= 0.6 is 0 Å². The van der Waals surface area contributed by atoms with E-state index in [0.29, 0.717) is 5.92 Å². The molecule has 1 aliphatic heterocycles. The van der Waals surface area contributed by atoms with Gasteiger partial charge in [0, 0.05) is 46.3 Å². The maximum Gasteiger partial charge on any atom is 0.151 e. The average Bonchev–Trinajstić information content (AvgIpc) is 2.46. The number of likely N-dealkylation sites (N-methyl/N-ethyl adjacent to an activating group) is 1. The van der Waals surface area contributed by atoms with Crippen molar-refractivity contribution in [3.8, 4) is 0 Å². The van der Waals surface area contributed by atoms with E-state index in [0.717, 1.165) is 50.8 Å². The Balaban J connectivity index is 1.83. The van der Waals surface area contributed by atoms with Crippen LogP contribution in [-0.4, -0.2) is 61.4 Å². The van der Waals surface area contributed by atoms with Crippen molar-refractivity contribution in [2.75, 3.05) is 51.2 Å². The van der Waals surface area contributed by atoms with Crippen LogP contribution in [0.1, 0.15) is 25.5 Å². The van der Waals surface area contributed by atoms with Gasteiger partial charge in [-0.3, -0.25) is 4.90 Å². The molecule has 19 heavy (non-hydrogen) atoms. The summed E-state index contributed by atoms with van der Waals surface area (Å²) >= 11 is 0. The predicted octanol–water partition coefficient (Wildman–Crippen LogP) is 0.941. The molecule has 5 nitrogen and oxygen atoms in total. The van der Waals surface area contributed by atoms with E-state index < -0.39 is 0 Å². The molecule has 1 aromatic heterocycles. The monoisotopic (exact) mass is 263 g/mol. The van der Waals surface area contributed by atoms with Crippen LogP contribution in [-0.2, 0) is 0 Å². The number of aromatic nitrogens is 2. The summed E-state index contributed by atoms with van der Waals surface area (Å²) < 4.78 is 0. The van der Waals surface area contributed by atoms with Crippen molar-refractivity contribution in [1.29, 1.82) is 0 Å². The van der Waals surface area contributed by atoms with Crippen molar-refractivity contribution >= 4 is 5.82 Å². The summed E-state index contributed by atoms with van der Waals surface area (Å²) in [5, 5.41) is 12.0. The molecule has 2 rings (SSSR count). The molecular weight excluding hydrogens is 238 g/mol. The van der Waals surface area contributed by atoms with E-state index in [1.165, 1.54) is 0 Å². The van der Waals surface area contributed by atoms with Gasteiger partial charge in [-0.05, 0) is 18.1 Å². The number of piperazine rings is 1. The summed E-state index contributed by atoms with van der Waals surface area (Å²) in [6, 6.07) is 4.15. The fourth-order valence-electron chi connectivity index (χ4n) is 2.19. The Kier molecular flexibility index (Phi) is 5.10. The molecule has 1 aromatic rings. The molecule has 0 unspecified atom stereocenters. The first kappa shape index (κ1) is 14.2. The third-order valence-electron chi connectivity index (χ3n) is 3.61. The lowest BCUT2D eigenvalue weighted by atomic mass is 10.1. The molecule has 2 heterocycles. The Bertz CT molecular complexity index is 370. The SMILES string of the molecule is CC(C)c1ccc(N(C)CCN2CCNCC2)nn1. The van der Waals surface area contributed by atoms with E-state index in [-0.39, 0.29) is 0 Å². The lowest BCUT2D eigenvalue weighted by molar-refractivity contribution is 0.246. The average molecular weight is 263 g/mol. The molecule has 1 aliphatic rings. The highest BCUT2D eigenvalue weighted by molar-refractivity contribution is 5.36. The number of hydrogen-bond donors (Lipinski definition) is 1. The van der Waals surface area contributed by atoms with E-state index in [4.69, 9.17) is 0 Å². The normalized spacial score (nSPS) is 16.8. The van der Waals surface area contributed by atoms with E-state index >= 15 is 0 Å². The minimum Gasteiger partial charge on any atom is -0.357 e. The second kappa shape index (κ2) is 6.82. The van der Waals surface area contributed by atoms with Gasteiger partial charge in [0.05, 0.1) is 5.69 Å². The summed E-state index contributed by atoms with van der Waals surface area (Å²) in [6.07, 6.45) is 0. The zero-order chi connectivity index (χ0) is 13.7. The molecule has 0 radical (unpaired) electrons. The van der Waals surface area contributed by atoms with Gasteiger partial charge in [-0.25, -0.2) is 0 Å². The van der Waals surface area contributed by atoms with Crippen LogP contribution in [0.4, 0.5) is 5.82 Å². The Labute approximate surface area is 116 Å². The Morgan fingerprint density at radius 1 is 1.26 bits per heavy atom. The highest BCUT2D eigenvalue weighted by Gasteiger charge is 2.11. The zero-order valence-corrected chi connectivity index (χ0v) is 12.3. The molecule has 0 bridgehead atoms. The zero-order valence-electron chi connectivity index (χ0n) is 12.3. The standard InChI is InChI=1S/C14H25N5/c1-12(2)13-4-5-14(17-16-13)18(3)10-11-19-8-6-15-7-9-19/h4-5,12,15H,6-11H2,1-3H3. The molecule has 0 aliphatic carbocycles. The highest BCUT2D eigenvalue weighted by atomic mass is 15.3. The molecule has 1 N–H and O–H groups in total. The summed E-state index contributed by atoms with van der Waals surface area (Å²) in [5.74, 6) is 1.40. The van der Waals surface area contributed by atoms with Crippen molar-refractivity contribution in [2.45, 2.75) is 19.8 Å². The molecule has 5 heteroatoms. The highest BCUT2D eigenvalue weighted by Crippen LogP contribution is 2.13. The summed E-state index contributed by atoms with van der Waals surface area (Å²) in [5.41, 5.74) is 1.05. The van der Waals surface area contributed by atoms with Crippen LogP contribution in [0.2, 0.25) is 0 Å². The second-order valence-corrected chi connectivity index (χ2v) is 5.48. The van der Waals surface area contributed by atoms with Crippen LogP contribution in [0.15, 0.2) is 12.1 Å². The largest absolute Gasteiger partial charge is 0.357 e. The van der Waals surface area contributed by atoms with Crippen molar-refractivity contribution in [3.63, 3.8) is 0 Å². The van der Waals surface area contributed by atoms with Crippen LogP contribution in [0, 0.1) is 0 Å². The van der Waals surface area contributed by atoms with Gasteiger partial charge in [-0.2, -0.15) is 5.10 Å². The van der Waals surface area contributed by atoms with E-state index in [1.807, 2.05) is 0 Å². The fraction of sp³-hybridized carbons (Fsp3) is 0.714. The quantitative estimate of drug-likeness (QED) is 0.856. The smallest absolute Gasteiger partial charge is 0.151 e. The number of nitrogens with zero attached hydrogens (tertiary/aromatic N) is 4. The molecule has 1 fully saturated rings. The van der Waals surface area contributed by atoms with Gasteiger partial charge in [0.2, 0.25) is 0 Å². The van der Waals surface area contributed by atoms with Crippen LogP contribution in [0.25, 0.3) is 0 Å². The third-order valence-corrected chi connectivity index (χ3v) is 3.61. The van der Waals surface area contributed by atoms with Crippen molar-refractivity contribution in [1.82, 2.24) is 20.4 Å². The van der Waals surface area contributed by atoms with Crippen LogP contribution < -0.4 is 10.2 Å². The number of rotatable bonds is 5. The van der Waals surface area contributed by atoms with E-state index in [1.54, 1.807) is 0 Å². The van der Waals surface area contributed by atoms with Gasteiger partial charge in [-0.15, -0.1) is 5.10 Å². The lowest BCUT2D eigenvalue weighted by Gasteiger charge is -2.29. The molecule has 0 spiro atoms. The second-order valence-electron chi connectivity index (χ2n) is 5.48. The Hall–Kier alpha value is -1.20. The first-order valence-corrected chi connectivity index (χ1v) is 7.14. The summed E-state index contributed by atoms with van der Waals surface area (Å²) in [7, 11) is 2.08. The van der Waals surface area contributed by atoms with Gasteiger partial charge in [0.1, 0.15) is 0 Å². The fourth-order valence-corrected chi connectivity index (χ4v) is 2.19. The molecule has 0 aromatic carbocycles. The van der Waals surface area contributed by atoms with Crippen LogP contribution in [0.5, 0.6) is 0 Å². The van der Waals surface area contributed by atoms with Gasteiger partial charge in [0.25, 0.3) is 0 Å². The first-order chi connectivity index (χ1) is 9.16. The topological polar surface area (TPSA) is 44.3 Å². The molecule has 106 valence electrons. The number of anilines is 1. The van der Waals surface area contributed by atoms with E-state index in [9.17, 15) is 0 Å². The Morgan fingerprint density at radius 3 is 2.58 bits per heavy atom. The lowest BCUT2D eigenvalue weighted by Crippen LogP contribution is -2.46. The summed E-state index contributed by atoms with van der Waals surface area (Å²) in [4.78, 5) is 4.67. The third kappa shape index (κ3) is 4.14. The van der Waals surface area contributed by atoms with Gasteiger partial charge in [-0.1, -0.05) is 13.8 Å². The maximum absolute atomic E-state index is 4.31. The van der Waals surface area contributed by atoms with Crippen molar-refractivity contribution < 1.29 is 0 Å². The minimum atomic E-state index is 0.438. The number of nitrogens with one attached hydrogen (secondary N) is 1. The molecule has 0 amide bonds. The van der Waals surface area contributed by atoms with Gasteiger partial charge < -0.3 is 10.2 Å². The Morgan fingerprint density at radius 2 is 2.00 bits per heavy atom. The van der Waals surface area contributed by atoms with Crippen molar-refractivity contribution in [3.05, 3.63) is 17.8 Å². The van der Waals surface area contributed by atoms with Gasteiger partial charge in [0.15, 0.2) is 5.82 Å². The number of hydrogen-bond acceptors (Lipinski definition) is 5. The van der Waals surface area contributed by atoms with Crippen molar-refractivity contribution in [2.24, 2.45) is 0 Å². The molecule has 1 saturated heterocycles. The molecule has 0 atom stereocenters. The van der Waals surface area contributed by atoms with E-state index in [2.05, 4.69) is 58.3 Å². The predicted molar refractivity (Wildman–Crippen MR) is 78.7 cm³/mol. The maximum atomic E-state index is 4.31.